The fourth-order valence-electron chi connectivity index (χ4n) is 3.46. The van der Waals surface area contributed by atoms with E-state index in [2.05, 4.69) is 25.5 Å². The van der Waals surface area contributed by atoms with Gasteiger partial charge in [0.1, 0.15) is 17.0 Å². The summed E-state index contributed by atoms with van der Waals surface area (Å²) < 4.78 is 8.04. The maximum absolute atomic E-state index is 12.8. The lowest BCUT2D eigenvalue weighted by Crippen LogP contribution is -2.19. The molecule has 1 amide bonds. The van der Waals surface area contributed by atoms with Gasteiger partial charge in [-0.1, -0.05) is 11.6 Å². The third-order valence-corrected chi connectivity index (χ3v) is 5.37. The van der Waals surface area contributed by atoms with Crippen LogP contribution in [0.4, 0.5) is 5.82 Å². The number of aromatic nitrogens is 6. The number of aryl methyl sites for hydroxylation is 1. The third kappa shape index (κ3) is 3.90. The van der Waals surface area contributed by atoms with Crippen LogP contribution in [0.3, 0.4) is 0 Å². The Balaban J connectivity index is 1.55. The Hall–Kier alpha value is -4.44. The number of ether oxygens (including phenoxy) is 1. The number of fused-ring (bicyclic) bond motifs is 1. The summed E-state index contributed by atoms with van der Waals surface area (Å²) in [5.41, 5.74) is 1.69. The van der Waals surface area contributed by atoms with Crippen LogP contribution in [-0.2, 0) is 0 Å². The van der Waals surface area contributed by atoms with Gasteiger partial charge < -0.3 is 10.1 Å². The van der Waals surface area contributed by atoms with Gasteiger partial charge in [0.25, 0.3) is 11.5 Å². The number of halogens is 1. The van der Waals surface area contributed by atoms with E-state index in [1.807, 2.05) is 0 Å². The Labute approximate surface area is 197 Å². The van der Waals surface area contributed by atoms with Crippen LogP contribution in [0.15, 0.2) is 65.6 Å². The molecule has 2 N–H and O–H groups in total. The topological polar surface area (TPSA) is 120 Å². The smallest absolute Gasteiger partial charge is 0.263 e. The number of aromatic amines is 1. The molecular formula is C23H18ClN7O3. The van der Waals surface area contributed by atoms with Gasteiger partial charge in [-0.25, -0.2) is 4.68 Å². The van der Waals surface area contributed by atoms with Crippen LogP contribution in [0.5, 0.6) is 5.75 Å². The Morgan fingerprint density at radius 1 is 1.09 bits per heavy atom. The molecule has 0 saturated carbocycles. The number of amides is 1. The second kappa shape index (κ2) is 8.49. The van der Waals surface area contributed by atoms with Crippen molar-refractivity contribution in [2.45, 2.75) is 6.92 Å². The highest BCUT2D eigenvalue weighted by atomic mass is 35.5. The molecule has 3 aromatic heterocycles. The van der Waals surface area contributed by atoms with Crippen LogP contribution in [0, 0.1) is 6.92 Å². The number of carbonyl (C=O) groups excluding carboxylic acids is 1. The molecule has 10 nitrogen and oxygen atoms in total. The van der Waals surface area contributed by atoms with Crippen molar-refractivity contribution in [3.63, 3.8) is 0 Å². The summed E-state index contributed by atoms with van der Waals surface area (Å²) in [5.74, 6) is 0.771. The van der Waals surface area contributed by atoms with Gasteiger partial charge in [0.2, 0.25) is 5.95 Å². The van der Waals surface area contributed by atoms with Crippen LogP contribution in [0.1, 0.15) is 16.1 Å². The van der Waals surface area contributed by atoms with Crippen LogP contribution >= 0.6 is 11.6 Å². The average Bonchev–Trinajstić information content (AvgIpc) is 3.43. The first kappa shape index (κ1) is 21.4. The maximum Gasteiger partial charge on any atom is 0.263 e. The molecule has 170 valence electrons. The number of methoxy groups -OCH3 is 1. The number of hydrogen-bond donors (Lipinski definition) is 2. The van der Waals surface area contributed by atoms with Gasteiger partial charge in [0.05, 0.1) is 24.7 Å². The highest BCUT2D eigenvalue weighted by Gasteiger charge is 2.17. The lowest BCUT2D eigenvalue weighted by Gasteiger charge is -2.09. The zero-order valence-electron chi connectivity index (χ0n) is 18.1. The molecular weight excluding hydrogens is 458 g/mol. The minimum Gasteiger partial charge on any atom is -0.497 e. The van der Waals surface area contributed by atoms with Gasteiger partial charge in [0.15, 0.2) is 5.65 Å². The molecule has 0 saturated heterocycles. The molecule has 11 heteroatoms. The van der Waals surface area contributed by atoms with Crippen LogP contribution in [-0.4, -0.2) is 42.5 Å². The molecule has 0 radical (unpaired) electrons. The van der Waals surface area contributed by atoms with Gasteiger partial charge in [-0.2, -0.15) is 19.9 Å². The number of carbonyl (C=O) groups is 1. The number of rotatable bonds is 5. The summed E-state index contributed by atoms with van der Waals surface area (Å²) in [7, 11) is 1.56. The van der Waals surface area contributed by atoms with Crippen molar-refractivity contribution in [2.75, 3.05) is 12.4 Å². The van der Waals surface area contributed by atoms with Crippen molar-refractivity contribution >= 4 is 34.4 Å². The number of benzene rings is 2. The van der Waals surface area contributed by atoms with Crippen molar-refractivity contribution in [2.24, 2.45) is 0 Å². The monoisotopic (exact) mass is 475 g/mol. The lowest BCUT2D eigenvalue weighted by molar-refractivity contribution is 0.102. The van der Waals surface area contributed by atoms with E-state index in [4.69, 9.17) is 16.3 Å². The SMILES string of the molecule is COc1ccc(C(=O)Nc2cc(C)nn2-c2nc3c(cnn3-c3ccc(Cl)cc3)c(=O)[nH]2)cc1. The van der Waals surface area contributed by atoms with E-state index < -0.39 is 0 Å². The predicted octanol–water partition coefficient (Wildman–Crippen LogP) is 3.52. The molecule has 0 spiro atoms. The Bertz CT molecular complexity index is 1570. The Morgan fingerprint density at radius 3 is 2.53 bits per heavy atom. The van der Waals surface area contributed by atoms with E-state index in [0.29, 0.717) is 44.6 Å². The second-order valence-corrected chi connectivity index (χ2v) is 7.86. The second-order valence-electron chi connectivity index (χ2n) is 7.42. The lowest BCUT2D eigenvalue weighted by atomic mass is 10.2. The van der Waals surface area contributed by atoms with E-state index in [0.717, 1.165) is 0 Å². The molecule has 0 aliphatic heterocycles. The standard InChI is InChI=1S/C23H18ClN7O3/c1-13-11-19(26-21(32)14-3-9-17(34-2)10-4-14)31(29-13)23-27-20-18(22(33)28-23)12-25-30(20)16-7-5-15(24)6-8-16/h3-12H,1-2H3,(H,26,32)(H,27,28,33). The first-order valence-electron chi connectivity index (χ1n) is 10.2. The molecule has 0 atom stereocenters. The zero-order chi connectivity index (χ0) is 23.8. The molecule has 5 aromatic rings. The first-order valence-corrected chi connectivity index (χ1v) is 10.6. The maximum atomic E-state index is 12.8. The number of anilines is 1. The Morgan fingerprint density at radius 2 is 1.82 bits per heavy atom. The van der Waals surface area contributed by atoms with E-state index in [-0.39, 0.29) is 17.4 Å². The normalized spacial score (nSPS) is 11.0. The predicted molar refractivity (Wildman–Crippen MR) is 127 cm³/mol. The first-order chi connectivity index (χ1) is 16.4. The minimum atomic E-state index is -0.388. The van der Waals surface area contributed by atoms with Crippen molar-refractivity contribution in [1.29, 1.82) is 0 Å². The quantitative estimate of drug-likeness (QED) is 0.401. The molecule has 0 aliphatic rings. The van der Waals surface area contributed by atoms with E-state index >= 15 is 0 Å². The number of hydrogen-bond acceptors (Lipinski definition) is 6. The molecule has 3 heterocycles. The number of H-pyrrole nitrogens is 1. The van der Waals surface area contributed by atoms with Gasteiger partial charge in [-0.15, -0.1) is 0 Å². The summed E-state index contributed by atoms with van der Waals surface area (Å²) in [6, 6.07) is 15.4. The van der Waals surface area contributed by atoms with Crippen molar-refractivity contribution < 1.29 is 9.53 Å². The van der Waals surface area contributed by atoms with Gasteiger partial charge >= 0.3 is 0 Å². The molecule has 2 aromatic carbocycles. The highest BCUT2D eigenvalue weighted by molar-refractivity contribution is 6.30. The fourth-order valence-corrected chi connectivity index (χ4v) is 3.59. The third-order valence-electron chi connectivity index (χ3n) is 5.12. The molecule has 0 bridgehead atoms. The zero-order valence-corrected chi connectivity index (χ0v) is 18.9. The Kier molecular flexibility index (Phi) is 5.34. The fraction of sp³-hybridized carbons (Fsp3) is 0.0870. The van der Waals surface area contributed by atoms with E-state index in [1.54, 1.807) is 68.6 Å². The number of nitrogens with zero attached hydrogens (tertiary/aromatic N) is 5. The molecule has 5 rings (SSSR count). The van der Waals surface area contributed by atoms with Gasteiger partial charge in [0, 0.05) is 16.7 Å². The number of nitrogens with one attached hydrogen (secondary N) is 2. The molecule has 0 fully saturated rings. The molecule has 34 heavy (non-hydrogen) atoms. The van der Waals surface area contributed by atoms with Crippen molar-refractivity contribution in [1.82, 2.24) is 29.5 Å². The summed E-state index contributed by atoms with van der Waals surface area (Å²) in [6.45, 7) is 1.77. The summed E-state index contributed by atoms with van der Waals surface area (Å²) in [5, 5.41) is 12.4. The highest BCUT2D eigenvalue weighted by Crippen LogP contribution is 2.20. The largest absolute Gasteiger partial charge is 0.497 e. The van der Waals surface area contributed by atoms with Crippen molar-refractivity contribution in [3.05, 3.63) is 87.4 Å². The van der Waals surface area contributed by atoms with Crippen LogP contribution in [0.2, 0.25) is 5.02 Å². The summed E-state index contributed by atoms with van der Waals surface area (Å²) in [6.07, 6.45) is 1.44. The van der Waals surface area contributed by atoms with Crippen LogP contribution in [0.25, 0.3) is 22.7 Å². The summed E-state index contributed by atoms with van der Waals surface area (Å²) in [4.78, 5) is 32.9. The minimum absolute atomic E-state index is 0.131. The van der Waals surface area contributed by atoms with E-state index in [1.165, 1.54) is 15.6 Å². The van der Waals surface area contributed by atoms with Crippen molar-refractivity contribution in [3.8, 4) is 17.4 Å². The molecule has 0 unspecified atom stereocenters. The van der Waals surface area contributed by atoms with E-state index in [9.17, 15) is 9.59 Å². The molecule has 0 aliphatic carbocycles. The van der Waals surface area contributed by atoms with Gasteiger partial charge in [-0.3, -0.25) is 14.6 Å². The van der Waals surface area contributed by atoms with Gasteiger partial charge in [-0.05, 0) is 55.5 Å². The summed E-state index contributed by atoms with van der Waals surface area (Å²) >= 11 is 5.99. The average molecular weight is 476 g/mol. The van der Waals surface area contributed by atoms with Crippen LogP contribution < -0.4 is 15.6 Å².